The number of aryl methyl sites for hydroxylation is 1. The van der Waals surface area contributed by atoms with Crippen molar-refractivity contribution >= 4 is 29.7 Å². The second-order valence-corrected chi connectivity index (χ2v) is 5.49. The topological polar surface area (TPSA) is 75.4 Å². The predicted octanol–water partition coefficient (Wildman–Crippen LogP) is 2.33. The zero-order valence-electron chi connectivity index (χ0n) is 11.7. The van der Waals surface area contributed by atoms with Gasteiger partial charge in [0.2, 0.25) is 5.91 Å². The number of amides is 1. The summed E-state index contributed by atoms with van der Waals surface area (Å²) in [7, 11) is 0. The van der Waals surface area contributed by atoms with E-state index in [2.05, 4.69) is 5.32 Å². The lowest BCUT2D eigenvalue weighted by Crippen LogP contribution is -2.36. The summed E-state index contributed by atoms with van der Waals surface area (Å²) in [6, 6.07) is 8.64. The minimum atomic E-state index is -0.717. The number of carbonyl (C=O) groups is 1. The Morgan fingerprint density at radius 3 is 2.52 bits per heavy atom. The standard InChI is InChI=1S/C15H18N2O2S.ClH/c1-10-2-4-11(5-3-10)14(16)15(19)17-8-13(18)12-6-7-20-9-12;/h2-7,9,13-14,18H,8,16H2,1H3,(H,17,19);1H. The molecule has 0 saturated heterocycles. The summed E-state index contributed by atoms with van der Waals surface area (Å²) in [5.41, 5.74) is 8.59. The van der Waals surface area contributed by atoms with Crippen LogP contribution in [0.1, 0.15) is 28.8 Å². The summed E-state index contributed by atoms with van der Waals surface area (Å²) in [5, 5.41) is 16.3. The minimum Gasteiger partial charge on any atom is -0.387 e. The van der Waals surface area contributed by atoms with Crippen LogP contribution in [0.25, 0.3) is 0 Å². The van der Waals surface area contributed by atoms with Gasteiger partial charge in [0.05, 0.1) is 6.10 Å². The van der Waals surface area contributed by atoms with Gasteiger partial charge in [0, 0.05) is 6.54 Å². The van der Waals surface area contributed by atoms with Crippen LogP contribution in [-0.4, -0.2) is 17.6 Å². The molecule has 0 spiro atoms. The van der Waals surface area contributed by atoms with Crippen molar-refractivity contribution in [2.45, 2.75) is 19.1 Å². The molecule has 2 rings (SSSR count). The molecule has 0 aliphatic carbocycles. The Hall–Kier alpha value is -1.40. The lowest BCUT2D eigenvalue weighted by molar-refractivity contribution is -0.122. The lowest BCUT2D eigenvalue weighted by atomic mass is 10.1. The second kappa shape index (κ2) is 8.14. The molecule has 0 aliphatic heterocycles. The van der Waals surface area contributed by atoms with Gasteiger partial charge in [0.15, 0.2) is 0 Å². The van der Waals surface area contributed by atoms with Crippen molar-refractivity contribution in [1.82, 2.24) is 5.32 Å². The molecule has 4 N–H and O–H groups in total. The fraction of sp³-hybridized carbons (Fsp3) is 0.267. The number of halogens is 1. The highest BCUT2D eigenvalue weighted by Gasteiger charge is 2.17. The number of nitrogens with one attached hydrogen (secondary N) is 1. The van der Waals surface area contributed by atoms with Crippen LogP contribution in [0, 0.1) is 6.92 Å². The molecular weight excluding hydrogens is 308 g/mol. The van der Waals surface area contributed by atoms with Crippen LogP contribution in [0.4, 0.5) is 0 Å². The number of nitrogens with two attached hydrogens (primary N) is 1. The summed E-state index contributed by atoms with van der Waals surface area (Å²) < 4.78 is 0. The van der Waals surface area contributed by atoms with Gasteiger partial charge in [-0.15, -0.1) is 12.4 Å². The molecule has 0 radical (unpaired) electrons. The number of thiophene rings is 1. The summed E-state index contributed by atoms with van der Waals surface area (Å²) >= 11 is 1.51. The first-order valence-electron chi connectivity index (χ1n) is 6.38. The van der Waals surface area contributed by atoms with Crippen LogP contribution >= 0.6 is 23.7 Å². The fourth-order valence-corrected chi connectivity index (χ4v) is 2.52. The quantitative estimate of drug-likeness (QED) is 0.789. The third kappa shape index (κ3) is 4.82. The molecule has 1 aromatic heterocycles. The minimum absolute atomic E-state index is 0. The Labute approximate surface area is 134 Å². The SMILES string of the molecule is Cc1ccc(C(N)C(=O)NCC(O)c2ccsc2)cc1.Cl. The number of aliphatic hydroxyl groups excluding tert-OH is 1. The number of hydrogen-bond acceptors (Lipinski definition) is 4. The molecule has 2 unspecified atom stereocenters. The van der Waals surface area contributed by atoms with Crippen molar-refractivity contribution < 1.29 is 9.90 Å². The van der Waals surface area contributed by atoms with E-state index in [1.807, 2.05) is 48.0 Å². The predicted molar refractivity (Wildman–Crippen MR) is 87.6 cm³/mol. The molecule has 2 aromatic rings. The lowest BCUT2D eigenvalue weighted by Gasteiger charge is -2.15. The largest absolute Gasteiger partial charge is 0.387 e. The van der Waals surface area contributed by atoms with E-state index in [-0.39, 0.29) is 24.9 Å². The zero-order chi connectivity index (χ0) is 14.5. The molecule has 4 nitrogen and oxygen atoms in total. The van der Waals surface area contributed by atoms with Crippen molar-refractivity contribution in [3.05, 3.63) is 57.8 Å². The summed E-state index contributed by atoms with van der Waals surface area (Å²) in [6.45, 7) is 2.14. The number of hydrogen-bond donors (Lipinski definition) is 3. The maximum atomic E-state index is 12.0. The van der Waals surface area contributed by atoms with Crippen LogP contribution in [-0.2, 0) is 4.79 Å². The smallest absolute Gasteiger partial charge is 0.241 e. The van der Waals surface area contributed by atoms with Gasteiger partial charge in [0.25, 0.3) is 0 Å². The highest BCUT2D eigenvalue weighted by atomic mass is 35.5. The average Bonchev–Trinajstić information content (AvgIpc) is 2.98. The van der Waals surface area contributed by atoms with Crippen molar-refractivity contribution in [2.75, 3.05) is 6.54 Å². The van der Waals surface area contributed by atoms with Gasteiger partial charge in [-0.25, -0.2) is 0 Å². The van der Waals surface area contributed by atoms with Crippen LogP contribution in [0.3, 0.4) is 0 Å². The van der Waals surface area contributed by atoms with Gasteiger partial charge in [0.1, 0.15) is 6.04 Å². The van der Waals surface area contributed by atoms with Crippen LogP contribution in [0.2, 0.25) is 0 Å². The van der Waals surface area contributed by atoms with E-state index in [4.69, 9.17) is 5.73 Å². The molecule has 0 saturated carbocycles. The van der Waals surface area contributed by atoms with Gasteiger partial charge in [-0.3, -0.25) is 4.79 Å². The van der Waals surface area contributed by atoms with Gasteiger partial charge in [-0.1, -0.05) is 29.8 Å². The van der Waals surface area contributed by atoms with Crippen LogP contribution < -0.4 is 11.1 Å². The third-order valence-corrected chi connectivity index (χ3v) is 3.82. The molecule has 0 aliphatic rings. The Bertz CT molecular complexity index is 558. The van der Waals surface area contributed by atoms with E-state index < -0.39 is 12.1 Å². The summed E-state index contributed by atoms with van der Waals surface area (Å²) in [6.07, 6.45) is -0.699. The van der Waals surface area contributed by atoms with Gasteiger partial charge >= 0.3 is 0 Å². The molecule has 6 heteroatoms. The fourth-order valence-electron chi connectivity index (χ4n) is 1.81. The first-order chi connectivity index (χ1) is 9.58. The number of carbonyl (C=O) groups excluding carboxylic acids is 1. The molecule has 1 aromatic carbocycles. The van der Waals surface area contributed by atoms with Crippen molar-refractivity contribution in [3.8, 4) is 0 Å². The van der Waals surface area contributed by atoms with E-state index in [1.165, 1.54) is 11.3 Å². The van der Waals surface area contributed by atoms with Gasteiger partial charge < -0.3 is 16.2 Å². The third-order valence-electron chi connectivity index (χ3n) is 3.12. The Morgan fingerprint density at radius 2 is 1.95 bits per heavy atom. The molecule has 1 amide bonds. The first-order valence-corrected chi connectivity index (χ1v) is 7.32. The van der Waals surface area contributed by atoms with Crippen LogP contribution in [0.5, 0.6) is 0 Å². The van der Waals surface area contributed by atoms with Crippen LogP contribution in [0.15, 0.2) is 41.1 Å². The normalized spacial score (nSPS) is 13.1. The average molecular weight is 327 g/mol. The first kappa shape index (κ1) is 17.7. The molecule has 1 heterocycles. The van der Waals surface area contributed by atoms with E-state index in [9.17, 15) is 9.90 Å². The number of rotatable bonds is 5. The van der Waals surface area contributed by atoms with Crippen molar-refractivity contribution in [2.24, 2.45) is 5.73 Å². The Kier molecular flexibility index (Phi) is 6.84. The van der Waals surface area contributed by atoms with Gasteiger partial charge in [-0.2, -0.15) is 11.3 Å². The monoisotopic (exact) mass is 326 g/mol. The number of benzene rings is 1. The van der Waals surface area contributed by atoms with Crippen molar-refractivity contribution in [3.63, 3.8) is 0 Å². The second-order valence-electron chi connectivity index (χ2n) is 4.71. The summed E-state index contributed by atoms with van der Waals surface area (Å²) in [4.78, 5) is 12.0. The highest BCUT2D eigenvalue weighted by molar-refractivity contribution is 7.07. The van der Waals surface area contributed by atoms with E-state index >= 15 is 0 Å². The maximum absolute atomic E-state index is 12.0. The molecule has 21 heavy (non-hydrogen) atoms. The van der Waals surface area contributed by atoms with E-state index in [1.54, 1.807) is 0 Å². The summed E-state index contributed by atoms with van der Waals surface area (Å²) in [5.74, 6) is -0.289. The maximum Gasteiger partial charge on any atom is 0.241 e. The van der Waals surface area contributed by atoms with Gasteiger partial charge in [-0.05, 0) is 34.9 Å². The molecular formula is C15H19ClN2O2S. The number of aliphatic hydroxyl groups is 1. The van der Waals surface area contributed by atoms with Crippen molar-refractivity contribution in [1.29, 1.82) is 0 Å². The zero-order valence-corrected chi connectivity index (χ0v) is 13.3. The molecule has 114 valence electrons. The Morgan fingerprint density at radius 1 is 1.29 bits per heavy atom. The molecule has 0 fully saturated rings. The van der Waals surface area contributed by atoms with E-state index in [0.717, 1.165) is 16.7 Å². The molecule has 0 bridgehead atoms. The highest BCUT2D eigenvalue weighted by Crippen LogP contribution is 2.16. The Balaban J connectivity index is 0.00000220. The van der Waals surface area contributed by atoms with E-state index in [0.29, 0.717) is 0 Å². The molecule has 2 atom stereocenters.